The van der Waals surface area contributed by atoms with E-state index in [1.54, 1.807) is 34.5 Å². The van der Waals surface area contributed by atoms with Crippen LogP contribution in [0.15, 0.2) is 29.8 Å². The predicted molar refractivity (Wildman–Crippen MR) is 95.6 cm³/mol. The number of thiazole rings is 1. The molecule has 1 aliphatic rings. The molecule has 1 amide bonds. The molecule has 25 heavy (non-hydrogen) atoms. The molecule has 0 bridgehead atoms. The average molecular weight is 359 g/mol. The van der Waals surface area contributed by atoms with Crippen LogP contribution >= 0.6 is 11.3 Å². The fourth-order valence-electron chi connectivity index (χ4n) is 2.55. The molecule has 0 atom stereocenters. The van der Waals surface area contributed by atoms with Gasteiger partial charge in [-0.3, -0.25) is 14.9 Å². The molecule has 3 rings (SSSR count). The molecule has 0 spiro atoms. The van der Waals surface area contributed by atoms with Crippen molar-refractivity contribution in [2.75, 3.05) is 31.1 Å². The smallest absolute Gasteiger partial charge is 0.287 e. The van der Waals surface area contributed by atoms with Crippen molar-refractivity contribution in [3.63, 3.8) is 0 Å². The first-order valence-corrected chi connectivity index (χ1v) is 8.65. The Hall–Kier alpha value is -2.81. The maximum atomic E-state index is 12.2. The van der Waals surface area contributed by atoms with Crippen molar-refractivity contribution in [3.8, 4) is 0 Å². The van der Waals surface area contributed by atoms with Gasteiger partial charge in [-0.2, -0.15) is 0 Å². The minimum atomic E-state index is -0.469. The number of hydrogen-bond donors (Lipinski definition) is 0. The van der Waals surface area contributed by atoms with Gasteiger partial charge >= 0.3 is 0 Å². The molecule has 8 nitrogen and oxygen atoms in total. The molecule has 1 saturated heterocycles. The van der Waals surface area contributed by atoms with Crippen LogP contribution in [-0.2, 0) is 4.79 Å². The van der Waals surface area contributed by atoms with E-state index < -0.39 is 4.92 Å². The van der Waals surface area contributed by atoms with Crippen LogP contribution in [0, 0.1) is 17.0 Å². The van der Waals surface area contributed by atoms with Crippen LogP contribution in [0.5, 0.6) is 0 Å². The van der Waals surface area contributed by atoms with Gasteiger partial charge in [0.05, 0.1) is 15.6 Å². The number of piperazine rings is 1. The molecule has 0 aromatic carbocycles. The van der Waals surface area contributed by atoms with Crippen LogP contribution in [-0.4, -0.2) is 51.9 Å². The van der Waals surface area contributed by atoms with Crippen molar-refractivity contribution in [2.45, 2.75) is 6.92 Å². The van der Waals surface area contributed by atoms with Gasteiger partial charge in [-0.15, -0.1) is 11.3 Å². The summed E-state index contributed by atoms with van der Waals surface area (Å²) in [5.41, 5.74) is 0.768. The number of carbonyl (C=O) groups excluding carboxylic acids is 1. The molecular formula is C16H17N5O3S. The van der Waals surface area contributed by atoms with Crippen molar-refractivity contribution in [1.29, 1.82) is 0 Å². The lowest BCUT2D eigenvalue weighted by Crippen LogP contribution is -2.48. The van der Waals surface area contributed by atoms with Crippen LogP contribution in [0.3, 0.4) is 0 Å². The maximum Gasteiger partial charge on any atom is 0.287 e. The Morgan fingerprint density at radius 1 is 1.32 bits per heavy atom. The standard InChI is InChI=1S/C16H17N5O3S/c1-12-18-13(11-25-12)2-5-16(22)20-8-6-19(7-9-20)15-4-3-14(10-17-15)21(23)24/h2-5,10-11H,6-9H2,1H3/b5-2+. The predicted octanol–water partition coefficient (Wildman–Crippen LogP) is 2.12. The number of nitro groups is 1. The summed E-state index contributed by atoms with van der Waals surface area (Å²) < 4.78 is 0. The Balaban J connectivity index is 1.55. The number of pyridine rings is 1. The number of amides is 1. The summed E-state index contributed by atoms with van der Waals surface area (Å²) in [6.07, 6.45) is 4.54. The van der Waals surface area contributed by atoms with Gasteiger partial charge in [0.25, 0.3) is 5.69 Å². The average Bonchev–Trinajstić information content (AvgIpc) is 3.05. The van der Waals surface area contributed by atoms with Crippen molar-refractivity contribution in [2.24, 2.45) is 0 Å². The van der Waals surface area contributed by atoms with E-state index in [1.165, 1.54) is 12.3 Å². The lowest BCUT2D eigenvalue weighted by atomic mass is 10.2. The van der Waals surface area contributed by atoms with Crippen molar-refractivity contribution in [3.05, 3.63) is 50.6 Å². The number of aromatic nitrogens is 2. The van der Waals surface area contributed by atoms with Crippen molar-refractivity contribution >= 4 is 34.8 Å². The van der Waals surface area contributed by atoms with Crippen molar-refractivity contribution < 1.29 is 9.72 Å². The van der Waals surface area contributed by atoms with Crippen LogP contribution in [0.2, 0.25) is 0 Å². The third kappa shape index (κ3) is 4.18. The normalized spacial score (nSPS) is 14.9. The molecule has 130 valence electrons. The third-order valence-electron chi connectivity index (χ3n) is 3.89. The number of aryl methyl sites for hydroxylation is 1. The second-order valence-electron chi connectivity index (χ2n) is 5.57. The van der Waals surface area contributed by atoms with Crippen LogP contribution < -0.4 is 4.90 Å². The molecule has 0 unspecified atom stereocenters. The van der Waals surface area contributed by atoms with Gasteiger partial charge in [-0.1, -0.05) is 0 Å². The summed E-state index contributed by atoms with van der Waals surface area (Å²) in [4.78, 5) is 34.7. The number of hydrogen-bond acceptors (Lipinski definition) is 7. The minimum absolute atomic E-state index is 0.0278. The molecular weight excluding hydrogens is 342 g/mol. The molecule has 1 aliphatic heterocycles. The number of anilines is 1. The summed E-state index contributed by atoms with van der Waals surface area (Å²) in [5.74, 6) is 0.646. The maximum absolute atomic E-state index is 12.2. The SMILES string of the molecule is Cc1nc(/C=C/C(=O)N2CCN(c3ccc([N+](=O)[O-])cn3)CC2)cs1. The van der Waals surface area contributed by atoms with E-state index >= 15 is 0 Å². The van der Waals surface area contributed by atoms with Gasteiger partial charge in [0.1, 0.15) is 12.0 Å². The zero-order valence-corrected chi connectivity index (χ0v) is 14.5. The second kappa shape index (κ2) is 7.39. The van der Waals surface area contributed by atoms with Crippen LogP contribution in [0.4, 0.5) is 11.5 Å². The summed E-state index contributed by atoms with van der Waals surface area (Å²) in [6.45, 7) is 4.37. The Labute approximate surface area is 148 Å². The van der Waals surface area contributed by atoms with E-state index in [0.29, 0.717) is 32.0 Å². The molecule has 9 heteroatoms. The summed E-state index contributed by atoms with van der Waals surface area (Å²) in [6, 6.07) is 3.08. The van der Waals surface area contributed by atoms with Gasteiger partial charge in [0, 0.05) is 43.7 Å². The van der Waals surface area contributed by atoms with Crippen LogP contribution in [0.25, 0.3) is 6.08 Å². The van der Waals surface area contributed by atoms with Crippen LogP contribution in [0.1, 0.15) is 10.7 Å². The Morgan fingerprint density at radius 2 is 2.08 bits per heavy atom. The Bertz CT molecular complexity index is 794. The van der Waals surface area contributed by atoms with E-state index in [1.807, 2.05) is 17.2 Å². The van der Waals surface area contributed by atoms with Gasteiger partial charge < -0.3 is 9.80 Å². The molecule has 2 aromatic rings. The number of rotatable bonds is 4. The minimum Gasteiger partial charge on any atom is -0.353 e. The van der Waals surface area contributed by atoms with Gasteiger partial charge in [-0.05, 0) is 19.1 Å². The summed E-state index contributed by atoms with van der Waals surface area (Å²) in [5, 5.41) is 13.6. The Kier molecular flexibility index (Phi) is 5.03. The fraction of sp³-hybridized carbons (Fsp3) is 0.312. The summed E-state index contributed by atoms with van der Waals surface area (Å²) in [7, 11) is 0. The second-order valence-corrected chi connectivity index (χ2v) is 6.63. The quantitative estimate of drug-likeness (QED) is 0.472. The molecule has 0 radical (unpaired) electrons. The Morgan fingerprint density at radius 3 is 2.64 bits per heavy atom. The van der Waals surface area contributed by atoms with E-state index in [4.69, 9.17) is 0 Å². The lowest BCUT2D eigenvalue weighted by molar-refractivity contribution is -0.385. The highest BCUT2D eigenvalue weighted by molar-refractivity contribution is 7.09. The first-order chi connectivity index (χ1) is 12.0. The third-order valence-corrected chi connectivity index (χ3v) is 4.68. The zero-order valence-electron chi connectivity index (χ0n) is 13.7. The molecule has 2 aromatic heterocycles. The van der Waals surface area contributed by atoms with Gasteiger partial charge in [0.15, 0.2) is 0 Å². The fourth-order valence-corrected chi connectivity index (χ4v) is 3.13. The van der Waals surface area contributed by atoms with Crippen molar-refractivity contribution in [1.82, 2.24) is 14.9 Å². The number of carbonyl (C=O) groups is 1. The summed E-state index contributed by atoms with van der Waals surface area (Å²) >= 11 is 1.55. The first-order valence-electron chi connectivity index (χ1n) is 7.77. The monoisotopic (exact) mass is 359 g/mol. The van der Waals surface area contributed by atoms with E-state index in [2.05, 4.69) is 9.97 Å². The van der Waals surface area contributed by atoms with Gasteiger partial charge in [0.2, 0.25) is 5.91 Å². The first kappa shape index (κ1) is 17.0. The highest BCUT2D eigenvalue weighted by atomic mass is 32.1. The van der Waals surface area contributed by atoms with Gasteiger partial charge in [-0.25, -0.2) is 9.97 Å². The highest BCUT2D eigenvalue weighted by Crippen LogP contribution is 2.17. The molecule has 0 N–H and O–H groups in total. The molecule has 1 fully saturated rings. The van der Waals surface area contributed by atoms with E-state index in [0.717, 1.165) is 10.7 Å². The number of nitrogens with zero attached hydrogens (tertiary/aromatic N) is 5. The molecule has 3 heterocycles. The zero-order chi connectivity index (χ0) is 17.8. The highest BCUT2D eigenvalue weighted by Gasteiger charge is 2.21. The largest absolute Gasteiger partial charge is 0.353 e. The molecule has 0 aliphatic carbocycles. The molecule has 0 saturated carbocycles. The van der Waals surface area contributed by atoms with E-state index in [9.17, 15) is 14.9 Å². The lowest BCUT2D eigenvalue weighted by Gasteiger charge is -2.34. The van der Waals surface area contributed by atoms with E-state index in [-0.39, 0.29) is 11.6 Å². The topological polar surface area (TPSA) is 92.5 Å².